The van der Waals surface area contributed by atoms with E-state index in [1.165, 1.54) is 4.90 Å². The predicted octanol–water partition coefficient (Wildman–Crippen LogP) is 2.20. The maximum atomic E-state index is 12.5. The number of imide groups is 1. The fourth-order valence-corrected chi connectivity index (χ4v) is 2.80. The molecule has 5 heteroatoms. The first-order chi connectivity index (χ1) is 10.0. The Morgan fingerprint density at radius 2 is 1.76 bits per heavy atom. The zero-order valence-electron chi connectivity index (χ0n) is 12.9. The highest BCUT2D eigenvalue weighted by Gasteiger charge is 2.45. The van der Waals surface area contributed by atoms with Crippen molar-refractivity contribution in [2.75, 3.05) is 20.8 Å². The van der Waals surface area contributed by atoms with Crippen LogP contribution in [0, 0.1) is 5.92 Å². The normalized spacial score (nSPS) is 21.8. The Labute approximate surface area is 124 Å². The Hall–Kier alpha value is -2.04. The van der Waals surface area contributed by atoms with Crippen molar-refractivity contribution in [3.8, 4) is 11.5 Å². The van der Waals surface area contributed by atoms with E-state index in [0.717, 1.165) is 12.0 Å². The van der Waals surface area contributed by atoms with Gasteiger partial charge in [0.25, 0.3) is 0 Å². The highest BCUT2D eigenvalue weighted by molar-refractivity contribution is 6.07. The van der Waals surface area contributed by atoms with Crippen molar-refractivity contribution in [1.29, 1.82) is 0 Å². The summed E-state index contributed by atoms with van der Waals surface area (Å²) in [6.45, 7) is 4.23. The van der Waals surface area contributed by atoms with E-state index in [1.807, 2.05) is 13.0 Å². The van der Waals surface area contributed by atoms with Crippen LogP contribution >= 0.6 is 0 Å². The SMILES string of the molecule is CCCN1C(=O)[C@@H](C)[C@@H](c2ccc(OC)c(OC)c2)C1=O. The molecular weight excluding hydrogens is 270 g/mol. The lowest BCUT2D eigenvalue weighted by Gasteiger charge is -2.15. The van der Waals surface area contributed by atoms with Crippen LogP contribution in [0.1, 0.15) is 31.7 Å². The summed E-state index contributed by atoms with van der Waals surface area (Å²) in [6, 6.07) is 5.37. The van der Waals surface area contributed by atoms with Gasteiger partial charge in [-0.25, -0.2) is 0 Å². The molecule has 114 valence electrons. The number of rotatable bonds is 5. The number of benzene rings is 1. The van der Waals surface area contributed by atoms with Crippen molar-refractivity contribution >= 4 is 11.8 Å². The van der Waals surface area contributed by atoms with Crippen LogP contribution in [-0.2, 0) is 9.59 Å². The van der Waals surface area contributed by atoms with Crippen LogP contribution in [-0.4, -0.2) is 37.5 Å². The topological polar surface area (TPSA) is 55.8 Å². The summed E-state index contributed by atoms with van der Waals surface area (Å²) in [7, 11) is 3.11. The molecule has 2 atom stereocenters. The minimum absolute atomic E-state index is 0.0957. The fraction of sp³-hybridized carbons (Fsp3) is 0.500. The number of hydrogen-bond acceptors (Lipinski definition) is 4. The monoisotopic (exact) mass is 291 g/mol. The third kappa shape index (κ3) is 2.60. The fourth-order valence-electron chi connectivity index (χ4n) is 2.80. The van der Waals surface area contributed by atoms with Crippen LogP contribution in [0.15, 0.2) is 18.2 Å². The third-order valence-corrected chi connectivity index (χ3v) is 3.90. The molecule has 1 fully saturated rings. The molecule has 1 aliphatic heterocycles. The van der Waals surface area contributed by atoms with Crippen molar-refractivity contribution in [3.05, 3.63) is 23.8 Å². The number of ether oxygens (including phenoxy) is 2. The molecule has 1 heterocycles. The Morgan fingerprint density at radius 1 is 1.10 bits per heavy atom. The van der Waals surface area contributed by atoms with Gasteiger partial charge >= 0.3 is 0 Å². The van der Waals surface area contributed by atoms with Crippen molar-refractivity contribution in [1.82, 2.24) is 4.90 Å². The summed E-state index contributed by atoms with van der Waals surface area (Å²) in [4.78, 5) is 26.1. The summed E-state index contributed by atoms with van der Waals surface area (Å²) in [5.41, 5.74) is 0.789. The molecule has 5 nitrogen and oxygen atoms in total. The zero-order chi connectivity index (χ0) is 15.6. The van der Waals surface area contributed by atoms with Gasteiger partial charge in [0.2, 0.25) is 11.8 Å². The van der Waals surface area contributed by atoms with E-state index in [4.69, 9.17) is 9.47 Å². The summed E-state index contributed by atoms with van der Waals surface area (Å²) in [6.07, 6.45) is 0.767. The molecule has 1 aromatic carbocycles. The molecule has 21 heavy (non-hydrogen) atoms. The molecule has 1 saturated heterocycles. The summed E-state index contributed by atoms with van der Waals surface area (Å²) >= 11 is 0. The van der Waals surface area contributed by atoms with E-state index in [0.29, 0.717) is 18.0 Å². The van der Waals surface area contributed by atoms with Crippen LogP contribution in [0.3, 0.4) is 0 Å². The second-order valence-corrected chi connectivity index (χ2v) is 5.21. The number of nitrogens with zero attached hydrogens (tertiary/aromatic N) is 1. The van der Waals surface area contributed by atoms with E-state index in [2.05, 4.69) is 0 Å². The number of likely N-dealkylation sites (tertiary alicyclic amines) is 1. The first-order valence-electron chi connectivity index (χ1n) is 7.12. The van der Waals surface area contributed by atoms with Gasteiger partial charge < -0.3 is 9.47 Å². The van der Waals surface area contributed by atoms with Gasteiger partial charge in [0, 0.05) is 6.54 Å². The summed E-state index contributed by atoms with van der Waals surface area (Å²) in [5, 5.41) is 0. The first-order valence-corrected chi connectivity index (χ1v) is 7.12. The van der Waals surface area contributed by atoms with Gasteiger partial charge in [-0.05, 0) is 24.1 Å². The molecule has 0 bridgehead atoms. The molecule has 1 aromatic rings. The average molecular weight is 291 g/mol. The number of hydrogen-bond donors (Lipinski definition) is 0. The molecule has 2 rings (SSSR count). The molecule has 0 aliphatic carbocycles. The van der Waals surface area contributed by atoms with Crippen molar-refractivity contribution in [2.45, 2.75) is 26.2 Å². The van der Waals surface area contributed by atoms with E-state index < -0.39 is 5.92 Å². The van der Waals surface area contributed by atoms with Crippen LogP contribution in [0.25, 0.3) is 0 Å². The summed E-state index contributed by atoms with van der Waals surface area (Å²) < 4.78 is 10.5. The van der Waals surface area contributed by atoms with Gasteiger partial charge in [-0.3, -0.25) is 14.5 Å². The standard InChI is InChI=1S/C16H21NO4/c1-5-8-17-15(18)10(2)14(16(17)19)11-6-7-12(20-3)13(9-11)21-4/h6-7,9-10,14H,5,8H2,1-4H3/t10-,14-/m0/s1. The highest BCUT2D eigenvalue weighted by Crippen LogP contribution is 2.38. The van der Waals surface area contributed by atoms with Crippen LogP contribution in [0.5, 0.6) is 11.5 Å². The lowest BCUT2D eigenvalue weighted by molar-refractivity contribution is -0.139. The second kappa shape index (κ2) is 6.16. The molecule has 0 unspecified atom stereocenters. The molecule has 2 amide bonds. The van der Waals surface area contributed by atoms with Gasteiger partial charge in [0.15, 0.2) is 11.5 Å². The molecule has 0 saturated carbocycles. The van der Waals surface area contributed by atoms with Crippen molar-refractivity contribution in [2.24, 2.45) is 5.92 Å². The Morgan fingerprint density at radius 3 is 2.33 bits per heavy atom. The van der Waals surface area contributed by atoms with Crippen molar-refractivity contribution in [3.63, 3.8) is 0 Å². The minimum atomic E-state index is -0.441. The second-order valence-electron chi connectivity index (χ2n) is 5.21. The zero-order valence-corrected chi connectivity index (χ0v) is 12.9. The van der Waals surface area contributed by atoms with Crippen molar-refractivity contribution < 1.29 is 19.1 Å². The lowest BCUT2D eigenvalue weighted by Crippen LogP contribution is -2.31. The maximum Gasteiger partial charge on any atom is 0.237 e. The van der Waals surface area contributed by atoms with E-state index >= 15 is 0 Å². The predicted molar refractivity (Wildman–Crippen MR) is 78.5 cm³/mol. The molecule has 0 radical (unpaired) electrons. The molecule has 0 N–H and O–H groups in total. The first kappa shape index (κ1) is 15.4. The smallest absolute Gasteiger partial charge is 0.237 e. The van der Waals surface area contributed by atoms with Crippen LogP contribution < -0.4 is 9.47 Å². The van der Waals surface area contributed by atoms with Crippen LogP contribution in [0.4, 0.5) is 0 Å². The van der Waals surface area contributed by atoms with E-state index in [9.17, 15) is 9.59 Å². The van der Waals surface area contributed by atoms with Gasteiger partial charge in [-0.15, -0.1) is 0 Å². The van der Waals surface area contributed by atoms with Crippen LogP contribution in [0.2, 0.25) is 0 Å². The Bertz CT molecular complexity index is 555. The number of amides is 2. The van der Waals surface area contributed by atoms with Gasteiger partial charge in [0.1, 0.15) is 0 Å². The average Bonchev–Trinajstić information content (AvgIpc) is 2.71. The number of methoxy groups -OCH3 is 2. The minimum Gasteiger partial charge on any atom is -0.493 e. The maximum absolute atomic E-state index is 12.5. The van der Waals surface area contributed by atoms with Gasteiger partial charge in [-0.1, -0.05) is 19.9 Å². The number of carbonyl (C=O) groups excluding carboxylic acids is 2. The highest BCUT2D eigenvalue weighted by atomic mass is 16.5. The van der Waals surface area contributed by atoms with E-state index in [1.54, 1.807) is 33.3 Å². The summed E-state index contributed by atoms with van der Waals surface area (Å²) in [5.74, 6) is 0.168. The molecular formula is C16H21NO4. The molecule has 0 aromatic heterocycles. The lowest BCUT2D eigenvalue weighted by atomic mass is 9.89. The molecule has 0 spiro atoms. The Kier molecular flexibility index (Phi) is 4.50. The quantitative estimate of drug-likeness (QED) is 0.780. The number of carbonyl (C=O) groups is 2. The van der Waals surface area contributed by atoms with Gasteiger partial charge in [-0.2, -0.15) is 0 Å². The third-order valence-electron chi connectivity index (χ3n) is 3.90. The molecule has 1 aliphatic rings. The largest absolute Gasteiger partial charge is 0.493 e. The van der Waals surface area contributed by atoms with Gasteiger partial charge in [0.05, 0.1) is 26.1 Å². The van der Waals surface area contributed by atoms with E-state index in [-0.39, 0.29) is 17.7 Å². The Balaban J connectivity index is 2.37.